The quantitative estimate of drug-likeness (QED) is 0.270. The zero-order valence-corrected chi connectivity index (χ0v) is 11.5. The van der Waals surface area contributed by atoms with Crippen LogP contribution in [0.1, 0.15) is 13.8 Å². The molecule has 1 aromatic rings. The summed E-state index contributed by atoms with van der Waals surface area (Å²) in [4.78, 5) is 23.4. The number of carbonyl (C=O) groups excluding carboxylic acids is 2. The van der Waals surface area contributed by atoms with Crippen LogP contribution < -0.4 is 11.1 Å². The number of nitrogen functional groups attached to an aromatic ring is 1. The molecule has 0 atom stereocenters. The van der Waals surface area contributed by atoms with Crippen molar-refractivity contribution < 1.29 is 19.1 Å². The monoisotopic (exact) mass is 278 g/mol. The van der Waals surface area contributed by atoms with Crippen LogP contribution in [0.15, 0.2) is 36.0 Å². The summed E-state index contributed by atoms with van der Waals surface area (Å²) in [6, 6.07) is 6.84. The number of benzene rings is 1. The number of anilines is 2. The van der Waals surface area contributed by atoms with E-state index >= 15 is 0 Å². The third-order valence-electron chi connectivity index (χ3n) is 2.28. The van der Waals surface area contributed by atoms with Gasteiger partial charge in [0.1, 0.15) is 0 Å². The van der Waals surface area contributed by atoms with E-state index < -0.39 is 11.9 Å². The molecule has 0 spiro atoms. The van der Waals surface area contributed by atoms with Crippen LogP contribution in [0.4, 0.5) is 11.4 Å². The van der Waals surface area contributed by atoms with E-state index in [2.05, 4.69) is 5.32 Å². The molecule has 0 aromatic heterocycles. The minimum atomic E-state index is -0.728. The van der Waals surface area contributed by atoms with Crippen LogP contribution in [0.3, 0.4) is 0 Å². The highest BCUT2D eigenvalue weighted by Gasteiger charge is 2.20. The number of carbonyl (C=O) groups is 2. The lowest BCUT2D eigenvalue weighted by Gasteiger charge is -2.07. The number of esters is 2. The lowest BCUT2D eigenvalue weighted by atomic mass is 10.2. The van der Waals surface area contributed by atoms with Crippen molar-refractivity contribution in [2.24, 2.45) is 0 Å². The number of hydrogen-bond acceptors (Lipinski definition) is 6. The van der Waals surface area contributed by atoms with E-state index in [4.69, 9.17) is 15.2 Å². The summed E-state index contributed by atoms with van der Waals surface area (Å²) in [7, 11) is 0. The average molecular weight is 278 g/mol. The Labute approximate surface area is 117 Å². The number of hydrogen-bond donors (Lipinski definition) is 2. The third kappa shape index (κ3) is 4.64. The molecular formula is C14H18N2O4. The van der Waals surface area contributed by atoms with Crippen LogP contribution in [0.25, 0.3) is 0 Å². The van der Waals surface area contributed by atoms with Crippen molar-refractivity contribution in [2.45, 2.75) is 13.8 Å². The van der Waals surface area contributed by atoms with Gasteiger partial charge in [-0.1, -0.05) is 0 Å². The first kappa shape index (κ1) is 15.6. The maximum Gasteiger partial charge on any atom is 0.347 e. The van der Waals surface area contributed by atoms with Crippen molar-refractivity contribution in [1.82, 2.24) is 0 Å². The molecule has 0 amide bonds. The number of nitrogens with one attached hydrogen (secondary N) is 1. The fourth-order valence-electron chi connectivity index (χ4n) is 1.35. The van der Waals surface area contributed by atoms with Crippen molar-refractivity contribution in [3.05, 3.63) is 36.0 Å². The fourth-order valence-corrected chi connectivity index (χ4v) is 1.35. The highest BCUT2D eigenvalue weighted by molar-refractivity contribution is 6.14. The Morgan fingerprint density at radius 3 is 2.05 bits per heavy atom. The van der Waals surface area contributed by atoms with Crippen LogP contribution in [0.5, 0.6) is 0 Å². The summed E-state index contributed by atoms with van der Waals surface area (Å²) in [6.45, 7) is 3.68. The van der Waals surface area contributed by atoms with Crippen molar-refractivity contribution in [2.75, 3.05) is 24.3 Å². The van der Waals surface area contributed by atoms with Gasteiger partial charge in [-0.2, -0.15) is 0 Å². The van der Waals surface area contributed by atoms with Crippen LogP contribution in [-0.4, -0.2) is 25.2 Å². The lowest BCUT2D eigenvalue weighted by Crippen LogP contribution is -2.19. The zero-order chi connectivity index (χ0) is 15.0. The van der Waals surface area contributed by atoms with Crippen LogP contribution >= 0.6 is 0 Å². The molecule has 0 bridgehead atoms. The van der Waals surface area contributed by atoms with Crippen LogP contribution in [0, 0.1) is 0 Å². The second-order valence-electron chi connectivity index (χ2n) is 3.77. The molecule has 0 unspecified atom stereocenters. The second-order valence-corrected chi connectivity index (χ2v) is 3.77. The molecule has 1 rings (SSSR count). The van der Waals surface area contributed by atoms with Crippen molar-refractivity contribution in [1.29, 1.82) is 0 Å². The van der Waals surface area contributed by atoms with E-state index in [-0.39, 0.29) is 18.8 Å². The minimum Gasteiger partial charge on any atom is -0.462 e. The standard InChI is InChI=1S/C14H18N2O4/c1-3-19-13(17)12(14(18)20-4-2)9-16-11-7-5-10(15)6-8-11/h5-9,16H,3-4,15H2,1-2H3. The van der Waals surface area contributed by atoms with Gasteiger partial charge in [-0.15, -0.1) is 0 Å². The number of ether oxygens (including phenoxy) is 2. The normalized spacial score (nSPS) is 9.50. The van der Waals surface area contributed by atoms with Crippen molar-refractivity contribution in [3.63, 3.8) is 0 Å². The molecule has 0 radical (unpaired) electrons. The molecule has 0 saturated carbocycles. The van der Waals surface area contributed by atoms with Gasteiger partial charge in [-0.3, -0.25) is 0 Å². The molecule has 0 aliphatic carbocycles. The molecule has 20 heavy (non-hydrogen) atoms. The molecule has 1 aromatic carbocycles. The zero-order valence-electron chi connectivity index (χ0n) is 11.5. The summed E-state index contributed by atoms with van der Waals surface area (Å²) >= 11 is 0. The van der Waals surface area contributed by atoms with Gasteiger partial charge >= 0.3 is 11.9 Å². The van der Waals surface area contributed by atoms with Crippen molar-refractivity contribution >= 4 is 23.3 Å². The van der Waals surface area contributed by atoms with Gasteiger partial charge in [-0.25, -0.2) is 9.59 Å². The van der Waals surface area contributed by atoms with Gasteiger partial charge in [0, 0.05) is 17.6 Å². The molecule has 0 heterocycles. The van der Waals surface area contributed by atoms with E-state index in [9.17, 15) is 9.59 Å². The SMILES string of the molecule is CCOC(=O)C(=CNc1ccc(N)cc1)C(=O)OCC. The Bertz CT molecular complexity index is 474. The Morgan fingerprint density at radius 1 is 1.10 bits per heavy atom. The van der Waals surface area contributed by atoms with Crippen LogP contribution in [0.2, 0.25) is 0 Å². The average Bonchev–Trinajstić information content (AvgIpc) is 2.42. The predicted molar refractivity (Wildman–Crippen MR) is 75.8 cm³/mol. The van der Waals surface area contributed by atoms with E-state index in [1.165, 1.54) is 6.20 Å². The molecule has 6 heteroatoms. The minimum absolute atomic E-state index is 0.178. The van der Waals surface area contributed by atoms with Gasteiger partial charge in [0.15, 0.2) is 5.57 Å². The fraction of sp³-hybridized carbons (Fsp3) is 0.286. The summed E-state index contributed by atoms with van der Waals surface area (Å²) < 4.78 is 9.62. The third-order valence-corrected chi connectivity index (χ3v) is 2.28. The molecule has 0 fully saturated rings. The first-order chi connectivity index (χ1) is 9.58. The largest absolute Gasteiger partial charge is 0.462 e. The van der Waals surface area contributed by atoms with Gasteiger partial charge < -0.3 is 20.5 Å². The Kier molecular flexibility index (Phi) is 6.09. The first-order valence-electron chi connectivity index (χ1n) is 6.25. The Morgan fingerprint density at radius 2 is 1.60 bits per heavy atom. The Hall–Kier alpha value is -2.50. The van der Waals surface area contributed by atoms with E-state index in [1.54, 1.807) is 38.1 Å². The second kappa shape index (κ2) is 7.83. The van der Waals surface area contributed by atoms with Gasteiger partial charge in [0.2, 0.25) is 0 Å². The maximum atomic E-state index is 11.7. The highest BCUT2D eigenvalue weighted by Crippen LogP contribution is 2.11. The van der Waals surface area contributed by atoms with Gasteiger partial charge in [0.25, 0.3) is 0 Å². The molecule has 3 N–H and O–H groups in total. The van der Waals surface area contributed by atoms with Gasteiger partial charge in [0.05, 0.1) is 13.2 Å². The van der Waals surface area contributed by atoms with E-state index in [0.29, 0.717) is 11.4 Å². The molecular weight excluding hydrogens is 260 g/mol. The van der Waals surface area contributed by atoms with Crippen LogP contribution in [-0.2, 0) is 19.1 Å². The first-order valence-corrected chi connectivity index (χ1v) is 6.25. The van der Waals surface area contributed by atoms with E-state index in [0.717, 1.165) is 0 Å². The molecule has 0 aliphatic heterocycles. The van der Waals surface area contributed by atoms with Gasteiger partial charge in [-0.05, 0) is 38.1 Å². The summed E-state index contributed by atoms with van der Waals surface area (Å²) in [5.74, 6) is -1.46. The Balaban J connectivity index is 2.86. The molecule has 6 nitrogen and oxygen atoms in total. The van der Waals surface area contributed by atoms with E-state index in [1.807, 2.05) is 0 Å². The number of rotatable bonds is 6. The predicted octanol–water partition coefficient (Wildman–Crippen LogP) is 1.69. The summed E-state index contributed by atoms with van der Waals surface area (Å²) in [6.07, 6.45) is 1.27. The molecule has 0 aliphatic rings. The topological polar surface area (TPSA) is 90.6 Å². The lowest BCUT2D eigenvalue weighted by molar-refractivity contribution is -0.146. The number of nitrogens with two attached hydrogens (primary N) is 1. The van der Waals surface area contributed by atoms with Crippen molar-refractivity contribution in [3.8, 4) is 0 Å². The highest BCUT2D eigenvalue weighted by atomic mass is 16.6. The molecule has 0 saturated heterocycles. The summed E-state index contributed by atoms with van der Waals surface area (Å²) in [5.41, 5.74) is 6.68. The smallest absolute Gasteiger partial charge is 0.347 e. The molecule has 108 valence electrons. The summed E-state index contributed by atoms with van der Waals surface area (Å²) in [5, 5.41) is 2.83. The maximum absolute atomic E-state index is 11.7.